The highest BCUT2D eigenvalue weighted by Crippen LogP contribution is 2.27. The van der Waals surface area contributed by atoms with Crippen LogP contribution >= 0.6 is 39.5 Å². The van der Waals surface area contributed by atoms with Crippen molar-refractivity contribution < 1.29 is 4.79 Å². The van der Waals surface area contributed by atoms with E-state index in [0.29, 0.717) is 16.4 Å². The van der Waals surface area contributed by atoms with Crippen LogP contribution in [0, 0.1) is 12.3 Å². The van der Waals surface area contributed by atoms with E-state index in [4.69, 9.17) is 18.0 Å². The van der Waals surface area contributed by atoms with Gasteiger partial charge in [0.2, 0.25) is 0 Å². The molecule has 0 saturated carbocycles. The first-order valence-electron chi connectivity index (χ1n) is 5.08. The molecule has 3 nitrogen and oxygen atoms in total. The summed E-state index contributed by atoms with van der Waals surface area (Å²) in [6.07, 6.45) is 0. The van der Waals surface area contributed by atoms with Gasteiger partial charge >= 0.3 is 0 Å². The quantitative estimate of drug-likeness (QED) is 0.832. The van der Waals surface area contributed by atoms with Crippen LogP contribution in [-0.2, 0) is 0 Å². The lowest BCUT2D eigenvalue weighted by Crippen LogP contribution is -2.41. The lowest BCUT2D eigenvalue weighted by atomic mass is 9.93. The van der Waals surface area contributed by atoms with Gasteiger partial charge in [0.05, 0.1) is 13.7 Å². The summed E-state index contributed by atoms with van der Waals surface area (Å²) in [5.74, 6) is -0.0897. The molecule has 0 fully saturated rings. The highest BCUT2D eigenvalue weighted by atomic mass is 79.9. The fourth-order valence-electron chi connectivity index (χ4n) is 1.05. The van der Waals surface area contributed by atoms with Crippen LogP contribution in [0.25, 0.3) is 0 Å². The van der Waals surface area contributed by atoms with Crippen molar-refractivity contribution in [2.45, 2.75) is 20.8 Å². The van der Waals surface area contributed by atoms with E-state index in [1.165, 1.54) is 11.3 Å². The van der Waals surface area contributed by atoms with Crippen LogP contribution in [0.4, 0.5) is 0 Å². The normalized spacial score (nSPS) is 11.3. The van der Waals surface area contributed by atoms with Gasteiger partial charge < -0.3 is 11.1 Å². The van der Waals surface area contributed by atoms with Crippen molar-refractivity contribution in [2.24, 2.45) is 11.1 Å². The number of aryl methyl sites for hydroxylation is 1. The summed E-state index contributed by atoms with van der Waals surface area (Å²) >= 11 is 9.76. The molecule has 0 aliphatic rings. The standard InChI is InChI=1S/C11H15BrN2OS2/c1-6-4-7(17-8(6)12)9(15)14-5-11(2,3)10(13)16/h4H,5H2,1-3H3,(H2,13,16)(H,14,15). The Bertz CT molecular complexity index is 435. The number of nitrogens with one attached hydrogen (secondary N) is 1. The van der Waals surface area contributed by atoms with Crippen LogP contribution in [0.2, 0.25) is 0 Å². The summed E-state index contributed by atoms with van der Waals surface area (Å²) in [5.41, 5.74) is 6.30. The Morgan fingerprint density at radius 1 is 1.65 bits per heavy atom. The van der Waals surface area contributed by atoms with E-state index >= 15 is 0 Å². The summed E-state index contributed by atoms with van der Waals surface area (Å²) in [4.78, 5) is 13.0. The number of carbonyl (C=O) groups excluding carboxylic acids is 1. The van der Waals surface area contributed by atoms with Crippen LogP contribution in [0.1, 0.15) is 29.1 Å². The number of hydrogen-bond donors (Lipinski definition) is 2. The number of thiophene rings is 1. The molecule has 0 aliphatic carbocycles. The molecule has 0 aromatic carbocycles. The van der Waals surface area contributed by atoms with Crippen molar-refractivity contribution in [3.8, 4) is 0 Å². The molecule has 17 heavy (non-hydrogen) atoms. The summed E-state index contributed by atoms with van der Waals surface area (Å²) in [7, 11) is 0. The van der Waals surface area contributed by atoms with Crippen LogP contribution in [0.15, 0.2) is 9.85 Å². The second-order valence-corrected chi connectivity index (χ2v) is 7.31. The Balaban J connectivity index is 2.65. The van der Waals surface area contributed by atoms with Gasteiger partial charge in [-0.25, -0.2) is 0 Å². The largest absolute Gasteiger partial charge is 0.393 e. The van der Waals surface area contributed by atoms with E-state index in [-0.39, 0.29) is 11.3 Å². The molecule has 0 unspecified atom stereocenters. The van der Waals surface area contributed by atoms with E-state index in [2.05, 4.69) is 21.2 Å². The van der Waals surface area contributed by atoms with Crippen molar-refractivity contribution in [1.82, 2.24) is 5.32 Å². The maximum absolute atomic E-state index is 11.9. The second-order valence-electron chi connectivity index (χ2n) is 4.50. The molecule has 1 aromatic heterocycles. The minimum Gasteiger partial charge on any atom is -0.393 e. The van der Waals surface area contributed by atoms with Gasteiger partial charge in [-0.3, -0.25) is 4.79 Å². The summed E-state index contributed by atoms with van der Waals surface area (Å²) in [6, 6.07) is 1.86. The Labute approximate surface area is 119 Å². The zero-order chi connectivity index (χ0) is 13.2. The molecular formula is C11H15BrN2OS2. The lowest BCUT2D eigenvalue weighted by Gasteiger charge is -2.23. The molecule has 3 N–H and O–H groups in total. The maximum Gasteiger partial charge on any atom is 0.261 e. The Hall–Kier alpha value is -0.460. The Kier molecular flexibility index (Phi) is 4.69. The van der Waals surface area contributed by atoms with Crippen molar-refractivity contribution in [2.75, 3.05) is 6.54 Å². The highest BCUT2D eigenvalue weighted by Gasteiger charge is 2.22. The van der Waals surface area contributed by atoms with Gasteiger partial charge in [0.25, 0.3) is 5.91 Å². The third kappa shape index (κ3) is 3.76. The van der Waals surface area contributed by atoms with Crippen molar-refractivity contribution in [3.05, 3.63) is 20.3 Å². The number of carbonyl (C=O) groups is 1. The Morgan fingerprint density at radius 3 is 2.65 bits per heavy atom. The fourth-order valence-corrected chi connectivity index (χ4v) is 2.57. The molecule has 1 amide bonds. The van der Waals surface area contributed by atoms with E-state index in [9.17, 15) is 4.79 Å². The van der Waals surface area contributed by atoms with E-state index in [1.54, 1.807) is 0 Å². The monoisotopic (exact) mass is 334 g/mol. The SMILES string of the molecule is Cc1cc(C(=O)NCC(C)(C)C(N)=S)sc1Br. The van der Waals surface area contributed by atoms with Gasteiger partial charge in [0, 0.05) is 12.0 Å². The van der Waals surface area contributed by atoms with Gasteiger partial charge in [0.15, 0.2) is 0 Å². The summed E-state index contributed by atoms with van der Waals surface area (Å²) in [5, 5.41) is 2.84. The molecule has 1 heterocycles. The third-order valence-electron chi connectivity index (χ3n) is 2.44. The molecular weight excluding hydrogens is 320 g/mol. The Morgan fingerprint density at radius 2 is 2.24 bits per heavy atom. The molecule has 1 aromatic rings. The average Bonchev–Trinajstić information content (AvgIpc) is 2.56. The lowest BCUT2D eigenvalue weighted by molar-refractivity contribution is 0.0949. The highest BCUT2D eigenvalue weighted by molar-refractivity contribution is 9.11. The first-order valence-corrected chi connectivity index (χ1v) is 7.10. The van der Waals surface area contributed by atoms with Crippen LogP contribution in [-0.4, -0.2) is 17.4 Å². The minimum absolute atomic E-state index is 0.0897. The van der Waals surface area contributed by atoms with Crippen molar-refractivity contribution in [1.29, 1.82) is 0 Å². The smallest absolute Gasteiger partial charge is 0.261 e. The van der Waals surface area contributed by atoms with E-state index in [1.807, 2.05) is 26.8 Å². The number of halogens is 1. The van der Waals surface area contributed by atoms with Gasteiger partial charge in [-0.15, -0.1) is 11.3 Å². The molecule has 94 valence electrons. The van der Waals surface area contributed by atoms with Crippen LogP contribution in [0.5, 0.6) is 0 Å². The molecule has 0 bridgehead atoms. The molecule has 0 aliphatic heterocycles. The number of amides is 1. The zero-order valence-corrected chi connectivity index (χ0v) is 13.2. The molecule has 0 atom stereocenters. The molecule has 0 saturated heterocycles. The van der Waals surface area contributed by atoms with Gasteiger partial charge in [0.1, 0.15) is 0 Å². The zero-order valence-electron chi connectivity index (χ0n) is 9.96. The van der Waals surface area contributed by atoms with Crippen LogP contribution in [0.3, 0.4) is 0 Å². The van der Waals surface area contributed by atoms with Crippen molar-refractivity contribution in [3.63, 3.8) is 0 Å². The first kappa shape index (κ1) is 14.6. The predicted octanol–water partition coefficient (Wildman–Crippen LogP) is 2.86. The predicted molar refractivity (Wildman–Crippen MR) is 79.7 cm³/mol. The van der Waals surface area contributed by atoms with Crippen LogP contribution < -0.4 is 11.1 Å². The number of rotatable bonds is 4. The van der Waals surface area contributed by atoms with Gasteiger partial charge in [-0.1, -0.05) is 26.1 Å². The maximum atomic E-state index is 11.9. The molecule has 6 heteroatoms. The number of hydrogen-bond acceptors (Lipinski definition) is 3. The van der Waals surface area contributed by atoms with Gasteiger partial charge in [-0.05, 0) is 34.5 Å². The minimum atomic E-state index is -0.367. The van der Waals surface area contributed by atoms with E-state index < -0.39 is 0 Å². The average molecular weight is 335 g/mol. The molecule has 0 radical (unpaired) electrons. The summed E-state index contributed by atoms with van der Waals surface area (Å²) in [6.45, 7) is 6.21. The number of thiocarbonyl (C=S) groups is 1. The number of nitrogens with two attached hydrogens (primary N) is 1. The van der Waals surface area contributed by atoms with E-state index in [0.717, 1.165) is 9.35 Å². The molecule has 0 spiro atoms. The molecule has 1 rings (SSSR count). The fraction of sp³-hybridized carbons (Fsp3) is 0.455. The first-order chi connectivity index (χ1) is 7.74. The topological polar surface area (TPSA) is 55.1 Å². The second kappa shape index (κ2) is 5.46. The summed E-state index contributed by atoms with van der Waals surface area (Å²) < 4.78 is 0.983. The third-order valence-corrected chi connectivity index (χ3v) is 5.13. The van der Waals surface area contributed by atoms with Gasteiger partial charge in [-0.2, -0.15) is 0 Å². The van der Waals surface area contributed by atoms with Crippen molar-refractivity contribution >= 4 is 50.4 Å².